The molecular weight excluding hydrogens is 264 g/mol. The minimum atomic E-state index is 0.0770. The minimum absolute atomic E-state index is 0.0770. The molecule has 3 rings (SSSR count). The van der Waals surface area contributed by atoms with Gasteiger partial charge in [-0.1, -0.05) is 36.4 Å². The molecule has 4 nitrogen and oxygen atoms in total. The Hall–Kier alpha value is -2.49. The van der Waals surface area contributed by atoms with Crippen LogP contribution in [0.25, 0.3) is 0 Å². The summed E-state index contributed by atoms with van der Waals surface area (Å²) in [5.74, 6) is 0.945. The lowest BCUT2D eigenvalue weighted by molar-refractivity contribution is -0.131. The van der Waals surface area contributed by atoms with Crippen molar-refractivity contribution in [1.82, 2.24) is 4.90 Å². The van der Waals surface area contributed by atoms with E-state index in [1.807, 2.05) is 53.4 Å². The number of nitrogen functional groups attached to an aromatic ring is 1. The molecule has 0 radical (unpaired) electrons. The molecule has 0 saturated heterocycles. The van der Waals surface area contributed by atoms with Crippen LogP contribution in [0.5, 0.6) is 5.75 Å². The van der Waals surface area contributed by atoms with Crippen LogP contribution >= 0.6 is 0 Å². The topological polar surface area (TPSA) is 55.6 Å². The second-order valence-electron chi connectivity index (χ2n) is 5.15. The van der Waals surface area contributed by atoms with E-state index in [1.54, 1.807) is 0 Å². The fourth-order valence-electron chi connectivity index (χ4n) is 2.51. The summed E-state index contributed by atoms with van der Waals surface area (Å²) >= 11 is 0. The molecule has 0 saturated carbocycles. The highest BCUT2D eigenvalue weighted by atomic mass is 16.5. The molecule has 0 unspecified atom stereocenters. The van der Waals surface area contributed by atoms with E-state index in [-0.39, 0.29) is 5.91 Å². The van der Waals surface area contributed by atoms with Crippen LogP contribution in [-0.4, -0.2) is 24.0 Å². The van der Waals surface area contributed by atoms with Crippen LogP contribution in [0.1, 0.15) is 11.1 Å². The SMILES string of the molecule is Nc1ccccc1CC(=O)N1CCOc2ccccc2C1. The Morgan fingerprint density at radius 1 is 1.14 bits per heavy atom. The van der Waals surface area contributed by atoms with E-state index in [2.05, 4.69) is 0 Å². The summed E-state index contributed by atoms with van der Waals surface area (Å²) < 4.78 is 5.68. The van der Waals surface area contributed by atoms with Crippen LogP contribution in [0.2, 0.25) is 0 Å². The van der Waals surface area contributed by atoms with Gasteiger partial charge in [0, 0.05) is 17.8 Å². The van der Waals surface area contributed by atoms with E-state index in [9.17, 15) is 4.79 Å². The maximum absolute atomic E-state index is 12.5. The molecule has 1 aliphatic rings. The number of fused-ring (bicyclic) bond motifs is 1. The average Bonchev–Trinajstić information content (AvgIpc) is 2.72. The summed E-state index contributed by atoms with van der Waals surface area (Å²) in [6, 6.07) is 15.3. The molecule has 0 spiro atoms. The Labute approximate surface area is 124 Å². The Morgan fingerprint density at radius 3 is 2.76 bits per heavy atom. The van der Waals surface area contributed by atoms with Gasteiger partial charge in [0.15, 0.2) is 0 Å². The molecule has 2 N–H and O–H groups in total. The summed E-state index contributed by atoms with van der Waals surface area (Å²) in [5, 5.41) is 0. The number of nitrogens with zero attached hydrogens (tertiary/aromatic N) is 1. The number of hydrogen-bond acceptors (Lipinski definition) is 3. The second-order valence-corrected chi connectivity index (χ2v) is 5.15. The van der Waals surface area contributed by atoms with Gasteiger partial charge in [0.25, 0.3) is 0 Å². The Morgan fingerprint density at radius 2 is 1.90 bits per heavy atom. The van der Waals surface area contributed by atoms with Crippen LogP contribution in [0.3, 0.4) is 0 Å². The van der Waals surface area contributed by atoms with E-state index in [4.69, 9.17) is 10.5 Å². The number of amides is 1. The molecule has 1 aliphatic heterocycles. The maximum Gasteiger partial charge on any atom is 0.227 e. The first-order valence-corrected chi connectivity index (χ1v) is 7.06. The zero-order chi connectivity index (χ0) is 14.7. The molecule has 1 heterocycles. The molecule has 1 amide bonds. The first kappa shape index (κ1) is 13.5. The van der Waals surface area contributed by atoms with Gasteiger partial charge in [0.2, 0.25) is 5.91 Å². The van der Waals surface area contributed by atoms with Crippen molar-refractivity contribution >= 4 is 11.6 Å². The molecule has 0 aliphatic carbocycles. The van der Waals surface area contributed by atoms with Gasteiger partial charge >= 0.3 is 0 Å². The molecule has 2 aromatic carbocycles. The molecule has 4 heteroatoms. The minimum Gasteiger partial charge on any atom is -0.491 e. The van der Waals surface area contributed by atoms with E-state index >= 15 is 0 Å². The molecule has 0 atom stereocenters. The van der Waals surface area contributed by atoms with Gasteiger partial charge in [0.1, 0.15) is 12.4 Å². The van der Waals surface area contributed by atoms with Crippen molar-refractivity contribution in [1.29, 1.82) is 0 Å². The van der Waals surface area contributed by atoms with Crippen molar-refractivity contribution in [2.45, 2.75) is 13.0 Å². The molecular formula is C17H18N2O2. The third kappa shape index (κ3) is 2.99. The number of anilines is 1. The van der Waals surface area contributed by atoms with Crippen molar-refractivity contribution in [3.63, 3.8) is 0 Å². The zero-order valence-electron chi connectivity index (χ0n) is 11.8. The Bertz CT molecular complexity index is 655. The van der Waals surface area contributed by atoms with Crippen LogP contribution < -0.4 is 10.5 Å². The van der Waals surface area contributed by atoms with Crippen molar-refractivity contribution in [2.24, 2.45) is 0 Å². The number of benzene rings is 2. The molecule has 108 valence electrons. The van der Waals surface area contributed by atoms with Gasteiger partial charge in [-0.3, -0.25) is 4.79 Å². The van der Waals surface area contributed by atoms with Crippen LogP contribution in [0.4, 0.5) is 5.69 Å². The van der Waals surface area contributed by atoms with E-state index < -0.39 is 0 Å². The van der Waals surface area contributed by atoms with Gasteiger partial charge in [-0.25, -0.2) is 0 Å². The highest BCUT2D eigenvalue weighted by Gasteiger charge is 2.20. The van der Waals surface area contributed by atoms with Gasteiger partial charge in [-0.05, 0) is 17.7 Å². The summed E-state index contributed by atoms with van der Waals surface area (Å²) in [6.07, 6.45) is 0.328. The lowest BCUT2D eigenvalue weighted by Gasteiger charge is -2.20. The number of para-hydroxylation sites is 2. The van der Waals surface area contributed by atoms with Gasteiger partial charge in [-0.2, -0.15) is 0 Å². The predicted octanol–water partition coefficient (Wildman–Crippen LogP) is 2.23. The fraction of sp³-hybridized carbons (Fsp3) is 0.235. The normalized spacial score (nSPS) is 14.0. The summed E-state index contributed by atoms with van der Waals surface area (Å²) in [4.78, 5) is 14.3. The molecule has 0 fully saturated rings. The van der Waals surface area contributed by atoms with E-state index in [0.717, 1.165) is 16.9 Å². The largest absolute Gasteiger partial charge is 0.491 e. The Kier molecular flexibility index (Phi) is 3.77. The summed E-state index contributed by atoms with van der Waals surface area (Å²) in [5.41, 5.74) is 8.50. The van der Waals surface area contributed by atoms with Crippen LogP contribution in [0.15, 0.2) is 48.5 Å². The molecule has 21 heavy (non-hydrogen) atoms. The van der Waals surface area contributed by atoms with Gasteiger partial charge < -0.3 is 15.4 Å². The number of carbonyl (C=O) groups excluding carboxylic acids is 1. The highest BCUT2D eigenvalue weighted by molar-refractivity contribution is 5.80. The van der Waals surface area contributed by atoms with Gasteiger partial charge in [0.05, 0.1) is 13.0 Å². The number of carbonyl (C=O) groups is 1. The summed E-state index contributed by atoms with van der Waals surface area (Å²) in [7, 11) is 0. The molecule has 0 bridgehead atoms. The summed E-state index contributed by atoms with van der Waals surface area (Å²) in [6.45, 7) is 1.70. The lowest BCUT2D eigenvalue weighted by atomic mass is 10.1. The standard InChI is InChI=1S/C17H18N2O2/c18-15-7-3-1-5-13(15)11-17(20)19-9-10-21-16-8-4-2-6-14(16)12-19/h1-8H,9-12,18H2. The third-order valence-corrected chi connectivity index (χ3v) is 3.70. The number of nitrogens with two attached hydrogens (primary N) is 1. The monoisotopic (exact) mass is 282 g/mol. The van der Waals surface area contributed by atoms with E-state index in [0.29, 0.717) is 31.8 Å². The third-order valence-electron chi connectivity index (χ3n) is 3.70. The van der Waals surface area contributed by atoms with Crippen molar-refractivity contribution in [3.8, 4) is 5.75 Å². The second kappa shape index (κ2) is 5.87. The number of hydrogen-bond donors (Lipinski definition) is 1. The predicted molar refractivity (Wildman–Crippen MR) is 81.9 cm³/mol. The van der Waals surface area contributed by atoms with Crippen molar-refractivity contribution < 1.29 is 9.53 Å². The fourth-order valence-corrected chi connectivity index (χ4v) is 2.51. The van der Waals surface area contributed by atoms with Crippen LogP contribution in [0, 0.1) is 0 Å². The van der Waals surface area contributed by atoms with Crippen molar-refractivity contribution in [2.75, 3.05) is 18.9 Å². The number of rotatable bonds is 2. The van der Waals surface area contributed by atoms with Gasteiger partial charge in [-0.15, -0.1) is 0 Å². The number of ether oxygens (including phenoxy) is 1. The molecule has 0 aromatic heterocycles. The quantitative estimate of drug-likeness (QED) is 0.859. The Balaban J connectivity index is 1.75. The first-order chi connectivity index (χ1) is 10.2. The van der Waals surface area contributed by atoms with Crippen molar-refractivity contribution in [3.05, 3.63) is 59.7 Å². The highest BCUT2D eigenvalue weighted by Crippen LogP contribution is 2.23. The first-order valence-electron chi connectivity index (χ1n) is 7.06. The lowest BCUT2D eigenvalue weighted by Crippen LogP contribution is -2.33. The molecule has 2 aromatic rings. The van der Waals surface area contributed by atoms with Crippen LogP contribution in [-0.2, 0) is 17.8 Å². The smallest absolute Gasteiger partial charge is 0.227 e. The zero-order valence-corrected chi connectivity index (χ0v) is 11.8. The van der Waals surface area contributed by atoms with E-state index in [1.165, 1.54) is 0 Å². The average molecular weight is 282 g/mol. The maximum atomic E-state index is 12.5.